The molecular weight excluding hydrogens is 981 g/mol. The molecule has 11 rings (SSSR count). The van der Waals surface area contributed by atoms with E-state index < -0.39 is 16.1 Å². The summed E-state index contributed by atoms with van der Waals surface area (Å²) in [5.74, 6) is 0. The van der Waals surface area contributed by atoms with Crippen molar-refractivity contribution in [2.75, 3.05) is 0 Å². The predicted octanol–water partition coefficient (Wildman–Crippen LogP) is 21.1. The highest BCUT2D eigenvalue weighted by atomic mass is 28.3. The van der Waals surface area contributed by atoms with E-state index in [1.54, 1.807) is 10.4 Å². The van der Waals surface area contributed by atoms with Crippen molar-refractivity contribution < 1.29 is 0 Å². The second-order valence-electron chi connectivity index (χ2n) is 22.5. The fraction of sp³-hybridized carbons (Fsp3) is 0.143. The van der Waals surface area contributed by atoms with Gasteiger partial charge >= 0.3 is 0 Å². The van der Waals surface area contributed by atoms with Crippen LogP contribution in [0.3, 0.4) is 0 Å². The van der Waals surface area contributed by atoms with E-state index in [9.17, 15) is 0 Å². The summed E-state index contributed by atoms with van der Waals surface area (Å²) in [6.45, 7) is 25.1. The molecule has 0 saturated heterocycles. The predicted molar refractivity (Wildman–Crippen MR) is 354 cm³/mol. The summed E-state index contributed by atoms with van der Waals surface area (Å²) in [5, 5.41) is 3.10. The van der Waals surface area contributed by atoms with E-state index in [-0.39, 0.29) is 0 Å². The average Bonchev–Trinajstić information content (AvgIpc) is 3.49. The van der Waals surface area contributed by atoms with E-state index in [4.69, 9.17) is 0 Å². The van der Waals surface area contributed by atoms with Crippen molar-refractivity contribution in [3.05, 3.63) is 313 Å². The van der Waals surface area contributed by atoms with Crippen LogP contribution in [-0.4, -0.2) is 16.1 Å². The number of benzene rings is 11. The van der Waals surface area contributed by atoms with Crippen LogP contribution in [0.25, 0.3) is 66.8 Å². The van der Waals surface area contributed by atoms with Gasteiger partial charge in [-0.25, -0.2) is 0 Å². The Balaban J connectivity index is 0.000000146. The lowest BCUT2D eigenvalue weighted by Crippen LogP contribution is -2.37. The molecule has 0 bridgehead atoms. The monoisotopic (exact) mass is 1060 g/mol. The zero-order valence-electron chi connectivity index (χ0n) is 48.6. The van der Waals surface area contributed by atoms with Crippen LogP contribution in [0.1, 0.15) is 27.8 Å². The Morgan fingerprint density at radius 1 is 0.203 bits per heavy atom. The normalized spacial score (nSPS) is 10.7. The van der Waals surface area contributed by atoms with Crippen LogP contribution in [0.5, 0.6) is 0 Å². The highest BCUT2D eigenvalue weighted by Gasteiger charge is 2.16. The third-order valence-electron chi connectivity index (χ3n) is 14.0. The van der Waals surface area contributed by atoms with Crippen LogP contribution in [0.4, 0.5) is 0 Å². The molecule has 0 aliphatic rings. The van der Waals surface area contributed by atoms with Crippen molar-refractivity contribution in [1.29, 1.82) is 0 Å². The van der Waals surface area contributed by atoms with Crippen LogP contribution >= 0.6 is 0 Å². The summed E-state index contributed by atoms with van der Waals surface area (Å²) in [4.78, 5) is 0. The molecule has 0 amide bonds. The van der Waals surface area contributed by atoms with E-state index in [0.717, 1.165) is 0 Å². The Kier molecular flexibility index (Phi) is 21.1. The van der Waals surface area contributed by atoms with E-state index in [0.29, 0.717) is 0 Å². The molecular formula is C77H80Si2. The summed E-state index contributed by atoms with van der Waals surface area (Å²) < 4.78 is 0. The van der Waals surface area contributed by atoms with Crippen molar-refractivity contribution in [2.45, 2.75) is 73.9 Å². The van der Waals surface area contributed by atoms with Gasteiger partial charge in [0.1, 0.15) is 0 Å². The van der Waals surface area contributed by atoms with Gasteiger partial charge in [0.2, 0.25) is 0 Å². The van der Waals surface area contributed by atoms with Crippen LogP contribution in [0, 0.1) is 34.6 Å². The summed E-state index contributed by atoms with van der Waals surface area (Å²) in [6.07, 6.45) is 0. The summed E-state index contributed by atoms with van der Waals surface area (Å²) in [6, 6.07) is 101. The average molecular weight is 1060 g/mol. The zero-order valence-corrected chi connectivity index (χ0v) is 50.6. The minimum Gasteiger partial charge on any atom is -0.0656 e. The quantitative estimate of drug-likeness (QED) is 0.133. The van der Waals surface area contributed by atoms with Crippen LogP contribution in [0.2, 0.25) is 39.3 Å². The third kappa shape index (κ3) is 17.7. The molecule has 0 fully saturated rings. The smallest absolute Gasteiger partial charge is 0.0656 e. The zero-order chi connectivity index (χ0) is 56.2. The first-order valence-electron chi connectivity index (χ1n) is 27.8. The second-order valence-corrected chi connectivity index (χ2v) is 32.7. The standard InChI is InChI=1S/3C19H16.2C10H16Si/c1-15-18(16-9-4-2-5-10-16)13-8-14-19(15)17-11-6-3-7-12-17;1-15-12-18(16-8-4-2-5-9-16)14-19(13-15)17-10-6-3-7-11-17;1-15-12-13-18(16-8-4-2-5-9-16)14-19(15)17-10-6-3-7-11-17;1-9-5-7-10(8-6-9)11(2,3)4;1-9-6-5-7-10(8-9)11(2,3)4/h3*2-14H,1H3;2*5-8H,1-4H3. The lowest BCUT2D eigenvalue weighted by atomic mass is 9.93. The third-order valence-corrected chi connectivity index (χ3v) is 18.1. The molecule has 2 heteroatoms. The molecule has 0 spiro atoms. The highest BCUT2D eigenvalue weighted by molar-refractivity contribution is 6.89. The van der Waals surface area contributed by atoms with Crippen LogP contribution in [0.15, 0.2) is 285 Å². The molecule has 0 atom stereocenters. The van der Waals surface area contributed by atoms with Gasteiger partial charge in [-0.3, -0.25) is 0 Å². The van der Waals surface area contributed by atoms with Gasteiger partial charge < -0.3 is 0 Å². The molecule has 0 N–H and O–H groups in total. The van der Waals surface area contributed by atoms with Gasteiger partial charge in [-0.05, 0) is 130 Å². The maximum absolute atomic E-state index is 2.38. The van der Waals surface area contributed by atoms with Gasteiger partial charge in [-0.15, -0.1) is 0 Å². The first kappa shape index (κ1) is 58.5. The Hall–Kier alpha value is -8.15. The molecule has 0 heterocycles. The Morgan fingerprint density at radius 3 is 0.949 bits per heavy atom. The van der Waals surface area contributed by atoms with Gasteiger partial charge in [-0.1, -0.05) is 334 Å². The minimum absolute atomic E-state index is 1.06. The molecule has 396 valence electrons. The minimum atomic E-state index is -1.06. The first-order chi connectivity index (χ1) is 38.0. The molecule has 0 nitrogen and oxygen atoms in total. The lowest BCUT2D eigenvalue weighted by Gasteiger charge is -2.16. The number of hydrogen-bond acceptors (Lipinski definition) is 0. The number of rotatable bonds is 8. The van der Waals surface area contributed by atoms with Crippen molar-refractivity contribution in [2.24, 2.45) is 0 Å². The van der Waals surface area contributed by atoms with Crippen LogP contribution in [-0.2, 0) is 0 Å². The molecule has 11 aromatic carbocycles. The van der Waals surface area contributed by atoms with Crippen molar-refractivity contribution in [1.82, 2.24) is 0 Å². The van der Waals surface area contributed by atoms with Gasteiger partial charge in [0.15, 0.2) is 0 Å². The van der Waals surface area contributed by atoms with Gasteiger partial charge in [0.25, 0.3) is 0 Å². The maximum Gasteiger partial charge on any atom is 0.0776 e. The molecule has 0 radical (unpaired) electrons. The maximum atomic E-state index is 2.38. The number of hydrogen-bond donors (Lipinski definition) is 0. The summed E-state index contributed by atoms with van der Waals surface area (Å²) in [5.41, 5.74) is 22.0. The van der Waals surface area contributed by atoms with E-state index in [2.05, 4.69) is 359 Å². The highest BCUT2D eigenvalue weighted by Crippen LogP contribution is 2.33. The molecule has 11 aromatic rings. The van der Waals surface area contributed by atoms with Gasteiger partial charge in [-0.2, -0.15) is 0 Å². The molecule has 0 aliphatic heterocycles. The molecule has 0 aliphatic carbocycles. The first-order valence-corrected chi connectivity index (χ1v) is 34.8. The Labute approximate surface area is 477 Å². The van der Waals surface area contributed by atoms with Crippen LogP contribution < -0.4 is 10.4 Å². The fourth-order valence-corrected chi connectivity index (χ4v) is 11.8. The summed E-state index contributed by atoms with van der Waals surface area (Å²) >= 11 is 0. The molecule has 0 saturated carbocycles. The fourth-order valence-electron chi connectivity index (χ4n) is 9.40. The van der Waals surface area contributed by atoms with Crippen molar-refractivity contribution >= 4 is 26.5 Å². The number of aryl methyl sites for hydroxylation is 4. The Bertz CT molecular complexity index is 3390. The van der Waals surface area contributed by atoms with Crippen molar-refractivity contribution in [3.63, 3.8) is 0 Å². The van der Waals surface area contributed by atoms with E-state index in [1.165, 1.54) is 94.6 Å². The van der Waals surface area contributed by atoms with Crippen molar-refractivity contribution in [3.8, 4) is 66.8 Å². The van der Waals surface area contributed by atoms with Gasteiger partial charge in [0, 0.05) is 0 Å². The topological polar surface area (TPSA) is 0 Å². The molecule has 0 aromatic heterocycles. The summed E-state index contributed by atoms with van der Waals surface area (Å²) in [7, 11) is -2.12. The lowest BCUT2D eigenvalue weighted by molar-refractivity contribution is 1.45. The largest absolute Gasteiger partial charge is 0.0776 e. The van der Waals surface area contributed by atoms with Gasteiger partial charge in [0.05, 0.1) is 16.1 Å². The molecule has 79 heavy (non-hydrogen) atoms. The van der Waals surface area contributed by atoms with E-state index >= 15 is 0 Å². The molecule has 0 unspecified atom stereocenters. The second kappa shape index (κ2) is 28.5. The van der Waals surface area contributed by atoms with E-state index in [1.807, 2.05) is 0 Å². The SMILES string of the molecule is Cc1c(-c2ccccc2)cccc1-c1ccccc1.Cc1cc(-c2ccccc2)cc(-c2ccccc2)c1.Cc1ccc(-c2ccccc2)cc1-c1ccccc1.Cc1ccc([Si](C)(C)C)cc1.Cc1cccc([Si](C)(C)C)c1. The Morgan fingerprint density at radius 2 is 0.570 bits per heavy atom.